The van der Waals surface area contributed by atoms with Gasteiger partial charge in [-0.15, -0.1) is 0 Å². The van der Waals surface area contributed by atoms with Crippen molar-refractivity contribution in [3.05, 3.63) is 59.4 Å². The quantitative estimate of drug-likeness (QED) is 0.646. The molecule has 4 nitrogen and oxygen atoms in total. The molecule has 0 spiro atoms. The summed E-state index contributed by atoms with van der Waals surface area (Å²) in [6.45, 7) is 2.05. The Morgan fingerprint density at radius 3 is 2.85 bits per heavy atom. The molecule has 1 aromatic heterocycles. The Labute approximate surface area is 119 Å². The van der Waals surface area contributed by atoms with Gasteiger partial charge >= 0.3 is 0 Å². The van der Waals surface area contributed by atoms with Crippen LogP contribution in [0.1, 0.15) is 35.7 Å². The summed E-state index contributed by atoms with van der Waals surface area (Å²) in [7, 11) is 0. The number of nitrogens with one attached hydrogen (secondary N) is 1. The number of aromatic nitrogens is 1. The topological polar surface area (TPSA) is 60.2 Å². The van der Waals surface area contributed by atoms with Crippen LogP contribution >= 0.6 is 0 Å². The summed E-state index contributed by atoms with van der Waals surface area (Å²) in [4.78, 5) is 4.41. The first kappa shape index (κ1) is 13.1. The standard InChI is InChI=1S/C16H19N3O/c1-11-7-8-18-15(9-11)16(19-17)12-3-2-4-14(10-12)20-13-5-6-13/h2-4,7-10,13,16,19H,5-6,17H2,1H3. The lowest BCUT2D eigenvalue weighted by Gasteiger charge is -2.17. The third-order valence-electron chi connectivity index (χ3n) is 3.42. The molecule has 1 unspecified atom stereocenters. The minimum Gasteiger partial charge on any atom is -0.490 e. The summed E-state index contributed by atoms with van der Waals surface area (Å²) in [5.41, 5.74) is 5.98. The van der Waals surface area contributed by atoms with Crippen LogP contribution in [0.5, 0.6) is 5.75 Å². The molecule has 2 aromatic rings. The fourth-order valence-electron chi connectivity index (χ4n) is 2.22. The highest BCUT2D eigenvalue weighted by molar-refractivity contribution is 5.35. The van der Waals surface area contributed by atoms with Gasteiger partial charge in [0.05, 0.1) is 17.8 Å². The van der Waals surface area contributed by atoms with Gasteiger partial charge in [0.25, 0.3) is 0 Å². The number of hydrogen-bond donors (Lipinski definition) is 2. The average molecular weight is 269 g/mol. The second-order valence-electron chi connectivity index (χ2n) is 5.25. The molecule has 1 aliphatic rings. The lowest BCUT2D eigenvalue weighted by Crippen LogP contribution is -2.29. The van der Waals surface area contributed by atoms with Crippen molar-refractivity contribution < 1.29 is 4.74 Å². The van der Waals surface area contributed by atoms with Crippen molar-refractivity contribution in [2.45, 2.75) is 31.9 Å². The Kier molecular flexibility index (Phi) is 3.67. The number of pyridine rings is 1. The molecule has 20 heavy (non-hydrogen) atoms. The summed E-state index contributed by atoms with van der Waals surface area (Å²) in [5.74, 6) is 6.62. The third kappa shape index (κ3) is 2.98. The summed E-state index contributed by atoms with van der Waals surface area (Å²) < 4.78 is 5.83. The van der Waals surface area contributed by atoms with E-state index in [0.29, 0.717) is 6.10 Å². The first-order chi connectivity index (χ1) is 9.76. The van der Waals surface area contributed by atoms with E-state index < -0.39 is 0 Å². The second kappa shape index (κ2) is 5.61. The van der Waals surface area contributed by atoms with Crippen LogP contribution in [0, 0.1) is 6.92 Å². The van der Waals surface area contributed by atoms with Gasteiger partial charge in [-0.2, -0.15) is 0 Å². The van der Waals surface area contributed by atoms with Crippen LogP contribution in [0.2, 0.25) is 0 Å². The number of rotatable bonds is 5. The zero-order valence-electron chi connectivity index (χ0n) is 11.5. The van der Waals surface area contributed by atoms with E-state index in [2.05, 4.69) is 10.4 Å². The van der Waals surface area contributed by atoms with Gasteiger partial charge in [-0.3, -0.25) is 10.8 Å². The van der Waals surface area contributed by atoms with Gasteiger partial charge in [0, 0.05) is 6.20 Å². The Bertz CT molecular complexity index is 596. The summed E-state index contributed by atoms with van der Waals surface area (Å²) >= 11 is 0. The van der Waals surface area contributed by atoms with Crippen molar-refractivity contribution in [2.75, 3.05) is 0 Å². The van der Waals surface area contributed by atoms with Gasteiger partial charge in [0.15, 0.2) is 0 Å². The Morgan fingerprint density at radius 2 is 2.15 bits per heavy atom. The lowest BCUT2D eigenvalue weighted by atomic mass is 10.0. The largest absolute Gasteiger partial charge is 0.490 e. The minimum absolute atomic E-state index is 0.127. The van der Waals surface area contributed by atoms with E-state index in [1.54, 1.807) is 6.20 Å². The number of hydrazine groups is 1. The molecule has 0 amide bonds. The van der Waals surface area contributed by atoms with Crippen molar-refractivity contribution in [1.29, 1.82) is 0 Å². The SMILES string of the molecule is Cc1ccnc(C(NN)c2cccc(OC3CC3)c2)c1. The van der Waals surface area contributed by atoms with Gasteiger partial charge in [-0.05, 0) is 55.2 Å². The van der Waals surface area contributed by atoms with E-state index >= 15 is 0 Å². The highest BCUT2D eigenvalue weighted by Gasteiger charge is 2.24. The van der Waals surface area contributed by atoms with Crippen molar-refractivity contribution in [3.8, 4) is 5.75 Å². The van der Waals surface area contributed by atoms with Crippen molar-refractivity contribution in [2.24, 2.45) is 5.84 Å². The molecule has 0 bridgehead atoms. The highest BCUT2D eigenvalue weighted by Crippen LogP contribution is 2.29. The van der Waals surface area contributed by atoms with Crippen LogP contribution < -0.4 is 16.0 Å². The summed E-state index contributed by atoms with van der Waals surface area (Å²) in [5, 5.41) is 0. The number of ether oxygens (including phenoxy) is 1. The molecule has 0 radical (unpaired) electrons. The fourth-order valence-corrected chi connectivity index (χ4v) is 2.22. The Morgan fingerprint density at radius 1 is 1.30 bits per heavy atom. The van der Waals surface area contributed by atoms with Crippen molar-refractivity contribution >= 4 is 0 Å². The zero-order valence-corrected chi connectivity index (χ0v) is 11.5. The van der Waals surface area contributed by atoms with E-state index in [0.717, 1.165) is 29.8 Å². The predicted molar refractivity (Wildman–Crippen MR) is 78.2 cm³/mol. The van der Waals surface area contributed by atoms with Gasteiger partial charge in [0.2, 0.25) is 0 Å². The highest BCUT2D eigenvalue weighted by atomic mass is 16.5. The number of benzene rings is 1. The molecule has 1 saturated carbocycles. The smallest absolute Gasteiger partial charge is 0.120 e. The maximum Gasteiger partial charge on any atom is 0.120 e. The molecular weight excluding hydrogens is 250 g/mol. The zero-order chi connectivity index (χ0) is 13.9. The molecule has 4 heteroatoms. The molecule has 3 N–H and O–H groups in total. The number of nitrogens with two attached hydrogens (primary N) is 1. The number of nitrogens with zero attached hydrogens (tertiary/aromatic N) is 1. The monoisotopic (exact) mass is 269 g/mol. The average Bonchev–Trinajstić information content (AvgIpc) is 3.24. The van der Waals surface area contributed by atoms with E-state index in [1.165, 1.54) is 5.56 Å². The Hall–Kier alpha value is -1.91. The minimum atomic E-state index is -0.127. The summed E-state index contributed by atoms with van der Waals surface area (Å²) in [6.07, 6.45) is 4.51. The van der Waals surface area contributed by atoms with E-state index in [9.17, 15) is 0 Å². The number of hydrogen-bond acceptors (Lipinski definition) is 4. The molecule has 1 aliphatic carbocycles. The maximum atomic E-state index is 5.83. The molecule has 0 saturated heterocycles. The first-order valence-corrected chi connectivity index (χ1v) is 6.91. The van der Waals surface area contributed by atoms with Crippen molar-refractivity contribution in [3.63, 3.8) is 0 Å². The molecule has 1 heterocycles. The fraction of sp³-hybridized carbons (Fsp3) is 0.312. The lowest BCUT2D eigenvalue weighted by molar-refractivity contribution is 0.302. The molecule has 1 fully saturated rings. The van der Waals surface area contributed by atoms with Crippen LogP contribution in [0.25, 0.3) is 0 Å². The van der Waals surface area contributed by atoms with Gasteiger partial charge in [-0.1, -0.05) is 12.1 Å². The van der Waals surface area contributed by atoms with Gasteiger partial charge in [0.1, 0.15) is 5.75 Å². The first-order valence-electron chi connectivity index (χ1n) is 6.91. The Balaban J connectivity index is 1.88. The molecule has 1 aromatic carbocycles. The molecule has 1 atom stereocenters. The van der Waals surface area contributed by atoms with Crippen LogP contribution in [0.15, 0.2) is 42.6 Å². The third-order valence-corrected chi connectivity index (χ3v) is 3.42. The molecular formula is C16H19N3O. The van der Waals surface area contributed by atoms with Gasteiger partial charge in [-0.25, -0.2) is 5.43 Å². The molecule has 3 rings (SSSR count). The van der Waals surface area contributed by atoms with Crippen LogP contribution in [0.4, 0.5) is 0 Å². The van der Waals surface area contributed by atoms with Gasteiger partial charge < -0.3 is 4.74 Å². The van der Waals surface area contributed by atoms with Crippen LogP contribution in [-0.4, -0.2) is 11.1 Å². The van der Waals surface area contributed by atoms with E-state index in [-0.39, 0.29) is 6.04 Å². The predicted octanol–water partition coefficient (Wildman–Crippen LogP) is 2.48. The number of aryl methyl sites for hydroxylation is 1. The van der Waals surface area contributed by atoms with Crippen LogP contribution in [-0.2, 0) is 0 Å². The van der Waals surface area contributed by atoms with E-state index in [1.807, 2.05) is 43.3 Å². The summed E-state index contributed by atoms with van der Waals surface area (Å²) in [6, 6.07) is 11.9. The molecule has 104 valence electrons. The molecule has 0 aliphatic heterocycles. The normalized spacial score (nSPS) is 15.9. The van der Waals surface area contributed by atoms with E-state index in [4.69, 9.17) is 10.6 Å². The second-order valence-corrected chi connectivity index (χ2v) is 5.25. The van der Waals surface area contributed by atoms with Crippen LogP contribution in [0.3, 0.4) is 0 Å². The van der Waals surface area contributed by atoms with Crippen molar-refractivity contribution in [1.82, 2.24) is 10.4 Å². The maximum absolute atomic E-state index is 5.83.